The molecule has 0 aromatic heterocycles. The average Bonchev–Trinajstić information content (AvgIpc) is 2.66. The Morgan fingerprint density at radius 1 is 0.680 bits per heavy atom. The predicted molar refractivity (Wildman–Crippen MR) is 99.3 cm³/mol. The Morgan fingerprint density at radius 3 is 1.64 bits per heavy atom. The van der Waals surface area contributed by atoms with Gasteiger partial charge in [-0.05, 0) is 50.9 Å². The average molecular weight is 326 g/mol. The fourth-order valence-electron chi connectivity index (χ4n) is 3.33. The summed E-state index contributed by atoms with van der Waals surface area (Å²) < 4.78 is 0. The predicted octanol–water partition coefficient (Wildman–Crippen LogP) is 4.99. The molecule has 0 saturated carbocycles. The van der Waals surface area contributed by atoms with E-state index in [0.717, 1.165) is 32.7 Å². The number of aldehydes is 2. The molecule has 0 fully saturated rings. The Morgan fingerprint density at radius 2 is 1.16 bits per heavy atom. The molecule has 3 nitrogen and oxygen atoms in total. The molecule has 0 amide bonds. The van der Waals surface area contributed by atoms with Gasteiger partial charge in [0.1, 0.15) is 5.75 Å². The second-order valence-electron chi connectivity index (χ2n) is 5.93. The number of hydrogen-bond acceptors (Lipinski definition) is 3. The minimum atomic E-state index is -0.279. The van der Waals surface area contributed by atoms with Gasteiger partial charge in [0.2, 0.25) is 0 Å². The van der Waals surface area contributed by atoms with E-state index in [-0.39, 0.29) is 16.9 Å². The number of carbonyl (C=O) groups is 2. The zero-order valence-corrected chi connectivity index (χ0v) is 13.3. The van der Waals surface area contributed by atoms with Crippen molar-refractivity contribution in [1.82, 2.24) is 0 Å². The molecule has 1 N–H and O–H groups in total. The molecule has 0 saturated heterocycles. The lowest BCUT2D eigenvalue weighted by Crippen LogP contribution is -1.93. The number of phenols is 1. The van der Waals surface area contributed by atoms with Gasteiger partial charge < -0.3 is 5.11 Å². The highest BCUT2D eigenvalue weighted by Gasteiger charge is 2.14. The molecule has 0 aliphatic rings. The second-order valence-corrected chi connectivity index (χ2v) is 5.93. The van der Waals surface area contributed by atoms with Crippen LogP contribution in [0.3, 0.4) is 0 Å². The Hall–Kier alpha value is -3.46. The van der Waals surface area contributed by atoms with Gasteiger partial charge in [-0.1, -0.05) is 48.5 Å². The number of hydrogen-bond donors (Lipinski definition) is 1. The third-order valence-corrected chi connectivity index (χ3v) is 4.48. The molecule has 0 atom stereocenters. The third kappa shape index (κ3) is 2.37. The third-order valence-electron chi connectivity index (χ3n) is 4.48. The van der Waals surface area contributed by atoms with E-state index in [1.807, 2.05) is 48.5 Å². The first-order valence-electron chi connectivity index (χ1n) is 7.91. The summed E-state index contributed by atoms with van der Waals surface area (Å²) in [6.45, 7) is 0. The molecule has 0 unspecified atom stereocenters. The maximum atomic E-state index is 11.3. The van der Waals surface area contributed by atoms with Crippen molar-refractivity contribution in [3.8, 4) is 16.9 Å². The molecule has 0 spiro atoms. The molecular weight excluding hydrogens is 312 g/mol. The van der Waals surface area contributed by atoms with Crippen LogP contribution in [0.2, 0.25) is 0 Å². The lowest BCUT2D eigenvalue weighted by atomic mass is 9.90. The Bertz CT molecular complexity index is 1060. The van der Waals surface area contributed by atoms with Crippen molar-refractivity contribution >= 4 is 34.1 Å². The van der Waals surface area contributed by atoms with E-state index in [4.69, 9.17) is 0 Å². The van der Waals surface area contributed by atoms with Crippen molar-refractivity contribution in [2.75, 3.05) is 0 Å². The van der Waals surface area contributed by atoms with Gasteiger partial charge in [-0.3, -0.25) is 9.59 Å². The van der Waals surface area contributed by atoms with Crippen molar-refractivity contribution in [3.63, 3.8) is 0 Å². The highest BCUT2D eigenvalue weighted by atomic mass is 16.3. The first-order chi connectivity index (χ1) is 12.2. The van der Waals surface area contributed by atoms with Crippen molar-refractivity contribution < 1.29 is 14.7 Å². The van der Waals surface area contributed by atoms with Crippen molar-refractivity contribution in [2.45, 2.75) is 0 Å². The lowest BCUT2D eigenvalue weighted by molar-refractivity contribution is 0.112. The van der Waals surface area contributed by atoms with Crippen LogP contribution in [0, 0.1) is 0 Å². The summed E-state index contributed by atoms with van der Waals surface area (Å²) in [6, 6.07) is 21.4. The first-order valence-corrected chi connectivity index (χ1v) is 7.91. The summed E-state index contributed by atoms with van der Waals surface area (Å²) in [4.78, 5) is 22.7. The topological polar surface area (TPSA) is 54.4 Å². The molecule has 0 bridgehead atoms. The summed E-state index contributed by atoms with van der Waals surface area (Å²) in [5, 5.41) is 14.2. The van der Waals surface area contributed by atoms with Crippen molar-refractivity contribution in [2.24, 2.45) is 0 Å². The highest BCUT2D eigenvalue weighted by Crippen LogP contribution is 2.38. The van der Waals surface area contributed by atoms with E-state index in [1.54, 1.807) is 12.1 Å². The molecule has 25 heavy (non-hydrogen) atoms. The van der Waals surface area contributed by atoms with E-state index in [0.29, 0.717) is 12.6 Å². The normalized spacial score (nSPS) is 10.9. The van der Waals surface area contributed by atoms with Gasteiger partial charge in [0.25, 0.3) is 0 Å². The van der Waals surface area contributed by atoms with Crippen molar-refractivity contribution in [3.05, 3.63) is 77.9 Å². The number of fused-ring (bicyclic) bond motifs is 2. The number of rotatable bonds is 3. The molecule has 4 aromatic carbocycles. The van der Waals surface area contributed by atoms with E-state index in [9.17, 15) is 14.7 Å². The fraction of sp³-hybridized carbons (Fsp3) is 0. The van der Waals surface area contributed by atoms with Gasteiger partial charge in [-0.2, -0.15) is 0 Å². The molecule has 4 aromatic rings. The summed E-state index contributed by atoms with van der Waals surface area (Å²) in [7, 11) is 0. The standard InChI is InChI=1S/C22H14O3/c23-12-17-10-16(11-18(13-24)22(17)25)21-19-7-3-1-5-14(19)9-15-6-2-4-8-20(15)21/h1-13,25H. The van der Waals surface area contributed by atoms with Gasteiger partial charge >= 0.3 is 0 Å². The van der Waals surface area contributed by atoms with Gasteiger partial charge in [-0.25, -0.2) is 0 Å². The summed E-state index contributed by atoms with van der Waals surface area (Å²) >= 11 is 0. The monoisotopic (exact) mass is 326 g/mol. The number of benzene rings is 4. The molecular formula is C22H14O3. The Labute approximate surface area is 144 Å². The highest BCUT2D eigenvalue weighted by molar-refractivity contribution is 6.13. The minimum absolute atomic E-state index is 0.108. The summed E-state index contributed by atoms with van der Waals surface area (Å²) in [6.07, 6.45) is 1.14. The van der Waals surface area contributed by atoms with Crippen LogP contribution >= 0.6 is 0 Å². The second kappa shape index (κ2) is 5.87. The fourth-order valence-corrected chi connectivity index (χ4v) is 3.33. The zero-order chi connectivity index (χ0) is 17.4. The Kier molecular flexibility index (Phi) is 3.55. The van der Waals surface area contributed by atoms with E-state index in [1.165, 1.54) is 0 Å². The molecule has 3 heteroatoms. The van der Waals surface area contributed by atoms with E-state index in [2.05, 4.69) is 6.07 Å². The first kappa shape index (κ1) is 15.1. The SMILES string of the molecule is O=Cc1cc(-c2c3ccccc3cc3ccccc23)cc(C=O)c1O. The van der Waals surface area contributed by atoms with Gasteiger partial charge in [0.15, 0.2) is 12.6 Å². The van der Waals surface area contributed by atoms with Crippen LogP contribution in [0.25, 0.3) is 32.7 Å². The minimum Gasteiger partial charge on any atom is -0.506 e. The maximum Gasteiger partial charge on any atom is 0.153 e. The van der Waals surface area contributed by atoms with E-state index >= 15 is 0 Å². The van der Waals surface area contributed by atoms with Crippen LogP contribution in [0.4, 0.5) is 0 Å². The quantitative estimate of drug-likeness (QED) is 0.426. The number of carbonyl (C=O) groups excluding carboxylic acids is 2. The molecule has 4 rings (SSSR count). The van der Waals surface area contributed by atoms with Crippen LogP contribution in [0.5, 0.6) is 5.75 Å². The largest absolute Gasteiger partial charge is 0.506 e. The van der Waals surface area contributed by atoms with Crippen molar-refractivity contribution in [1.29, 1.82) is 0 Å². The van der Waals surface area contributed by atoms with Crippen LogP contribution in [0.1, 0.15) is 20.7 Å². The molecule has 0 aliphatic carbocycles. The molecule has 0 radical (unpaired) electrons. The number of aromatic hydroxyl groups is 1. The van der Waals surface area contributed by atoms with Crippen LogP contribution in [-0.2, 0) is 0 Å². The molecule has 120 valence electrons. The lowest BCUT2D eigenvalue weighted by Gasteiger charge is -2.13. The summed E-state index contributed by atoms with van der Waals surface area (Å²) in [5.41, 5.74) is 1.89. The van der Waals surface area contributed by atoms with Gasteiger partial charge in [-0.15, -0.1) is 0 Å². The molecule has 0 heterocycles. The zero-order valence-electron chi connectivity index (χ0n) is 13.3. The van der Waals surface area contributed by atoms with Gasteiger partial charge in [0, 0.05) is 0 Å². The van der Waals surface area contributed by atoms with Crippen LogP contribution < -0.4 is 0 Å². The van der Waals surface area contributed by atoms with Crippen LogP contribution in [0.15, 0.2) is 66.7 Å². The number of phenolic OH excluding ortho intramolecular Hbond substituents is 1. The summed E-state index contributed by atoms with van der Waals surface area (Å²) in [5.74, 6) is -0.279. The van der Waals surface area contributed by atoms with Gasteiger partial charge in [0.05, 0.1) is 11.1 Å². The van der Waals surface area contributed by atoms with Crippen LogP contribution in [-0.4, -0.2) is 17.7 Å². The maximum absolute atomic E-state index is 11.3. The Balaban J connectivity index is 2.19. The van der Waals surface area contributed by atoms with E-state index < -0.39 is 0 Å². The smallest absolute Gasteiger partial charge is 0.153 e. The molecule has 0 aliphatic heterocycles.